The van der Waals surface area contributed by atoms with Crippen molar-refractivity contribution in [2.45, 2.75) is 45.4 Å². The number of nitrogens with one attached hydrogen (secondary N) is 2. The summed E-state index contributed by atoms with van der Waals surface area (Å²) < 4.78 is 10.9. The number of aromatic nitrogens is 1. The molecule has 1 amide bonds. The molecule has 0 bridgehead atoms. The molecular weight excluding hydrogens is 484 g/mol. The van der Waals surface area contributed by atoms with Crippen LogP contribution < -0.4 is 10.6 Å². The maximum atomic E-state index is 12.9. The van der Waals surface area contributed by atoms with Gasteiger partial charge in [-0.25, -0.2) is 14.6 Å². The van der Waals surface area contributed by atoms with Crippen molar-refractivity contribution >= 4 is 39.5 Å². The summed E-state index contributed by atoms with van der Waals surface area (Å²) in [6.45, 7) is 6.83. The summed E-state index contributed by atoms with van der Waals surface area (Å²) in [5.74, 6) is -0.875. The van der Waals surface area contributed by atoms with E-state index >= 15 is 0 Å². The molecule has 1 aromatic heterocycles. The molecule has 0 spiro atoms. The number of esters is 1. The van der Waals surface area contributed by atoms with Gasteiger partial charge in [-0.15, -0.1) is 0 Å². The number of amides is 1. The van der Waals surface area contributed by atoms with Crippen molar-refractivity contribution < 1.29 is 24.0 Å². The number of halogens is 1. The summed E-state index contributed by atoms with van der Waals surface area (Å²) in [5.41, 5.74) is -0.564. The number of ether oxygens (including phenoxy) is 2. The molecule has 0 radical (unpaired) electrons. The van der Waals surface area contributed by atoms with Gasteiger partial charge < -0.3 is 20.1 Å². The number of nitrogens with zero attached hydrogens (tertiary/aromatic N) is 2. The monoisotopic (exact) mass is 508 g/mol. The quantitative estimate of drug-likeness (QED) is 0.305. The Kier molecular flexibility index (Phi) is 8.53. The summed E-state index contributed by atoms with van der Waals surface area (Å²) in [5, 5.41) is 17.0. The van der Waals surface area contributed by atoms with E-state index in [4.69, 9.17) is 9.47 Å². The number of alkyl carbamates (subject to hydrolysis) is 1. The largest absolute Gasteiger partial charge is 0.464 e. The van der Waals surface area contributed by atoms with Gasteiger partial charge in [-0.05, 0) is 49.2 Å². The van der Waals surface area contributed by atoms with Crippen LogP contribution in [0.4, 0.5) is 16.3 Å². The fraction of sp³-hybridized carbons (Fsp3) is 0.381. The zero-order valence-electron chi connectivity index (χ0n) is 18.1. The Morgan fingerprint density at radius 2 is 1.91 bits per heavy atom. The smallest absolute Gasteiger partial charge is 0.408 e. The van der Waals surface area contributed by atoms with Crippen molar-refractivity contribution in [2.75, 3.05) is 11.9 Å². The Morgan fingerprint density at radius 3 is 2.47 bits per heavy atom. The highest BCUT2D eigenvalue weighted by molar-refractivity contribution is 9.10. The minimum atomic E-state index is -1.24. The highest BCUT2D eigenvalue weighted by atomic mass is 79.9. The number of carbonyl (C=O) groups is 2. The maximum Gasteiger partial charge on any atom is 0.408 e. The standard InChI is InChI=1S/C21H25BrN4O6/c1-5-31-19(27)17(24-18-15(26(29)30)11-14(22)12-23-18)16(13-9-7-6-8-10-13)25-20(28)32-21(2,3)4/h6-12,16-17H,5H2,1-4H3,(H,23,24)(H,25,28)/t16-,17+/m0/s1. The highest BCUT2D eigenvalue weighted by Gasteiger charge is 2.35. The van der Waals surface area contributed by atoms with Crippen molar-refractivity contribution in [1.82, 2.24) is 10.3 Å². The number of nitro groups is 1. The topological polar surface area (TPSA) is 133 Å². The van der Waals surface area contributed by atoms with Gasteiger partial charge in [-0.3, -0.25) is 10.1 Å². The van der Waals surface area contributed by atoms with Crippen molar-refractivity contribution in [3.63, 3.8) is 0 Å². The summed E-state index contributed by atoms with van der Waals surface area (Å²) in [4.78, 5) is 40.4. The first-order valence-electron chi connectivity index (χ1n) is 9.79. The van der Waals surface area contributed by atoms with Gasteiger partial charge in [0.05, 0.1) is 17.6 Å². The molecule has 2 aromatic rings. The normalized spacial score (nSPS) is 12.9. The Balaban J connectivity index is 2.50. The molecule has 0 saturated carbocycles. The van der Waals surface area contributed by atoms with E-state index in [9.17, 15) is 19.7 Å². The van der Waals surface area contributed by atoms with E-state index in [0.717, 1.165) is 0 Å². The minimum absolute atomic E-state index is 0.0703. The zero-order valence-corrected chi connectivity index (χ0v) is 19.7. The second-order valence-corrected chi connectivity index (χ2v) is 8.60. The lowest BCUT2D eigenvalue weighted by molar-refractivity contribution is -0.384. The summed E-state index contributed by atoms with van der Waals surface area (Å²) in [6.07, 6.45) is 0.594. The molecule has 1 heterocycles. The van der Waals surface area contributed by atoms with Crippen LogP contribution >= 0.6 is 15.9 Å². The number of rotatable bonds is 8. The molecule has 32 heavy (non-hydrogen) atoms. The molecular formula is C21H25BrN4O6. The summed E-state index contributed by atoms with van der Waals surface area (Å²) in [6, 6.07) is 7.72. The Hall–Kier alpha value is -3.21. The molecule has 2 rings (SSSR count). The van der Waals surface area contributed by atoms with Gasteiger partial charge in [-0.2, -0.15) is 0 Å². The van der Waals surface area contributed by atoms with E-state index in [1.807, 2.05) is 0 Å². The first-order valence-corrected chi connectivity index (χ1v) is 10.6. The molecule has 0 aliphatic carbocycles. The van der Waals surface area contributed by atoms with Crippen LogP contribution in [0.5, 0.6) is 0 Å². The van der Waals surface area contributed by atoms with Gasteiger partial charge in [0.25, 0.3) is 0 Å². The van der Waals surface area contributed by atoms with Crippen LogP contribution in [-0.4, -0.2) is 40.2 Å². The van der Waals surface area contributed by atoms with Crippen molar-refractivity contribution in [2.24, 2.45) is 0 Å². The second-order valence-electron chi connectivity index (χ2n) is 7.69. The average Bonchev–Trinajstić information content (AvgIpc) is 2.70. The Bertz CT molecular complexity index is 965. The molecule has 0 aliphatic heterocycles. The van der Waals surface area contributed by atoms with E-state index in [0.29, 0.717) is 10.0 Å². The van der Waals surface area contributed by atoms with Crippen LogP contribution in [0.15, 0.2) is 47.1 Å². The lowest BCUT2D eigenvalue weighted by atomic mass is 9.99. The number of carbonyl (C=O) groups excluding carboxylic acids is 2. The average molecular weight is 509 g/mol. The Morgan fingerprint density at radius 1 is 1.25 bits per heavy atom. The Labute approximate surface area is 194 Å². The van der Waals surface area contributed by atoms with Crippen molar-refractivity contribution in [3.05, 3.63) is 62.7 Å². The number of hydrogen-bond donors (Lipinski definition) is 2. The molecule has 0 aliphatic rings. The number of anilines is 1. The fourth-order valence-electron chi connectivity index (χ4n) is 2.79. The van der Waals surface area contributed by atoms with Crippen LogP contribution in [-0.2, 0) is 14.3 Å². The van der Waals surface area contributed by atoms with Crippen LogP contribution in [0.3, 0.4) is 0 Å². The maximum absolute atomic E-state index is 12.9. The van der Waals surface area contributed by atoms with Gasteiger partial charge >= 0.3 is 17.7 Å². The van der Waals surface area contributed by atoms with Gasteiger partial charge in [-0.1, -0.05) is 30.3 Å². The second kappa shape index (κ2) is 10.9. The van der Waals surface area contributed by atoms with E-state index in [1.54, 1.807) is 58.0 Å². The van der Waals surface area contributed by atoms with Crippen LogP contribution in [0.25, 0.3) is 0 Å². The lowest BCUT2D eigenvalue weighted by Crippen LogP contribution is -2.47. The third kappa shape index (κ3) is 7.19. The first-order chi connectivity index (χ1) is 15.0. The zero-order chi connectivity index (χ0) is 23.9. The molecule has 10 nitrogen and oxygen atoms in total. The van der Waals surface area contributed by atoms with Crippen molar-refractivity contribution in [3.8, 4) is 0 Å². The molecule has 2 atom stereocenters. The SMILES string of the molecule is CCOC(=O)[C@H](Nc1ncc(Br)cc1[N+](=O)[O-])[C@@H](NC(=O)OC(C)(C)C)c1ccccc1. The molecule has 1 aromatic carbocycles. The van der Waals surface area contributed by atoms with E-state index in [1.165, 1.54) is 12.3 Å². The number of benzene rings is 1. The molecule has 11 heteroatoms. The van der Waals surface area contributed by atoms with Crippen molar-refractivity contribution in [1.29, 1.82) is 0 Å². The molecule has 172 valence electrons. The minimum Gasteiger partial charge on any atom is -0.464 e. The first kappa shape index (κ1) is 25.1. The van der Waals surface area contributed by atoms with Crippen LogP contribution in [0.2, 0.25) is 0 Å². The molecule has 2 N–H and O–H groups in total. The fourth-order valence-corrected chi connectivity index (χ4v) is 3.11. The van der Waals surface area contributed by atoms with Gasteiger partial charge in [0, 0.05) is 16.7 Å². The third-order valence-corrected chi connectivity index (χ3v) is 4.46. The third-order valence-electron chi connectivity index (χ3n) is 4.03. The molecule has 0 unspecified atom stereocenters. The molecule has 0 saturated heterocycles. The van der Waals surface area contributed by atoms with Crippen LogP contribution in [0.1, 0.15) is 39.3 Å². The van der Waals surface area contributed by atoms with E-state index in [-0.39, 0.29) is 18.1 Å². The van der Waals surface area contributed by atoms with Gasteiger partial charge in [0.2, 0.25) is 5.82 Å². The number of hydrogen-bond acceptors (Lipinski definition) is 8. The van der Waals surface area contributed by atoms with E-state index in [2.05, 4.69) is 31.5 Å². The van der Waals surface area contributed by atoms with Gasteiger partial charge in [0.1, 0.15) is 5.60 Å². The molecule has 0 fully saturated rings. The van der Waals surface area contributed by atoms with Crippen LogP contribution in [0, 0.1) is 10.1 Å². The summed E-state index contributed by atoms with van der Waals surface area (Å²) >= 11 is 3.15. The van der Waals surface area contributed by atoms with E-state index < -0.39 is 34.7 Å². The summed E-state index contributed by atoms with van der Waals surface area (Å²) in [7, 11) is 0. The predicted octanol–water partition coefficient (Wildman–Crippen LogP) is 4.36. The highest BCUT2D eigenvalue weighted by Crippen LogP contribution is 2.29. The predicted molar refractivity (Wildman–Crippen MR) is 121 cm³/mol. The van der Waals surface area contributed by atoms with Gasteiger partial charge in [0.15, 0.2) is 6.04 Å². The number of pyridine rings is 1. The lowest BCUT2D eigenvalue weighted by Gasteiger charge is -2.29.